The van der Waals surface area contributed by atoms with E-state index in [1.54, 1.807) is 13.3 Å². The molecule has 0 spiro atoms. The van der Waals surface area contributed by atoms with Gasteiger partial charge in [-0.05, 0) is 30.2 Å². The molecule has 3 aromatic heterocycles. The molecule has 0 saturated heterocycles. The van der Waals surface area contributed by atoms with Crippen LogP contribution in [-0.2, 0) is 6.42 Å². The van der Waals surface area contributed by atoms with Gasteiger partial charge >= 0.3 is 0 Å². The number of pyridine rings is 2. The van der Waals surface area contributed by atoms with Crippen LogP contribution >= 0.6 is 0 Å². The fraction of sp³-hybridized carbons (Fsp3) is 0.182. The standard InChI is InChI=1S/C22H21N3O2/c1-3-18-21(22(26)15-7-5-4-6-8-15)25-14-17(9-11-19(25)24-18)16-10-12-20(27-2)23-13-16/h4-14,22,26H,3H2,1-2H3. The summed E-state index contributed by atoms with van der Waals surface area (Å²) in [5.74, 6) is 0.580. The van der Waals surface area contributed by atoms with E-state index in [1.165, 1.54) is 0 Å². The van der Waals surface area contributed by atoms with E-state index in [-0.39, 0.29) is 0 Å². The third kappa shape index (κ3) is 3.17. The summed E-state index contributed by atoms with van der Waals surface area (Å²) in [4.78, 5) is 8.99. The molecule has 136 valence electrons. The SMILES string of the molecule is CCc1nc2ccc(-c3ccc(OC)nc3)cn2c1C(O)c1ccccc1. The zero-order chi connectivity index (χ0) is 18.8. The van der Waals surface area contributed by atoms with Crippen molar-refractivity contribution in [2.45, 2.75) is 19.4 Å². The summed E-state index contributed by atoms with van der Waals surface area (Å²) in [6.45, 7) is 2.05. The third-order valence-corrected chi connectivity index (χ3v) is 4.72. The van der Waals surface area contributed by atoms with Crippen molar-refractivity contribution in [1.29, 1.82) is 0 Å². The zero-order valence-corrected chi connectivity index (χ0v) is 15.3. The summed E-state index contributed by atoms with van der Waals surface area (Å²) in [6.07, 6.45) is 3.80. The number of hydrogen-bond acceptors (Lipinski definition) is 4. The predicted octanol–water partition coefficient (Wildman–Crippen LogP) is 4.05. The van der Waals surface area contributed by atoms with Crippen molar-refractivity contribution in [3.63, 3.8) is 0 Å². The number of benzene rings is 1. The first kappa shape index (κ1) is 17.2. The molecule has 0 aliphatic heterocycles. The first-order valence-corrected chi connectivity index (χ1v) is 8.95. The van der Waals surface area contributed by atoms with Gasteiger partial charge in [-0.2, -0.15) is 0 Å². The maximum Gasteiger partial charge on any atom is 0.212 e. The number of aliphatic hydroxyl groups excluding tert-OH is 1. The molecule has 0 aliphatic rings. The highest BCUT2D eigenvalue weighted by molar-refractivity contribution is 5.64. The van der Waals surface area contributed by atoms with Gasteiger partial charge in [0.1, 0.15) is 11.8 Å². The number of imidazole rings is 1. The largest absolute Gasteiger partial charge is 0.481 e. The van der Waals surface area contributed by atoms with Crippen molar-refractivity contribution < 1.29 is 9.84 Å². The second-order valence-corrected chi connectivity index (χ2v) is 6.35. The molecule has 0 saturated carbocycles. The molecule has 4 aromatic rings. The van der Waals surface area contributed by atoms with Crippen LogP contribution in [0, 0.1) is 0 Å². The number of methoxy groups -OCH3 is 1. The highest BCUT2D eigenvalue weighted by atomic mass is 16.5. The van der Waals surface area contributed by atoms with Gasteiger partial charge in [-0.1, -0.05) is 37.3 Å². The van der Waals surface area contributed by atoms with Gasteiger partial charge in [0, 0.05) is 29.6 Å². The van der Waals surface area contributed by atoms with E-state index in [4.69, 9.17) is 9.72 Å². The topological polar surface area (TPSA) is 59.7 Å². The fourth-order valence-electron chi connectivity index (χ4n) is 3.30. The van der Waals surface area contributed by atoms with Crippen molar-refractivity contribution in [2.75, 3.05) is 7.11 Å². The van der Waals surface area contributed by atoms with Crippen LogP contribution in [0.3, 0.4) is 0 Å². The number of aromatic nitrogens is 3. The van der Waals surface area contributed by atoms with Crippen molar-refractivity contribution >= 4 is 5.65 Å². The summed E-state index contributed by atoms with van der Waals surface area (Å²) >= 11 is 0. The van der Waals surface area contributed by atoms with Crippen molar-refractivity contribution in [2.24, 2.45) is 0 Å². The quantitative estimate of drug-likeness (QED) is 0.584. The van der Waals surface area contributed by atoms with Gasteiger partial charge in [-0.25, -0.2) is 9.97 Å². The summed E-state index contributed by atoms with van der Waals surface area (Å²) in [5.41, 5.74) is 5.36. The fourth-order valence-corrected chi connectivity index (χ4v) is 3.30. The van der Waals surface area contributed by atoms with Crippen LogP contribution in [0.5, 0.6) is 5.88 Å². The number of aryl methyl sites for hydroxylation is 1. The van der Waals surface area contributed by atoms with Crippen LogP contribution in [-0.4, -0.2) is 26.6 Å². The van der Waals surface area contributed by atoms with Crippen LogP contribution < -0.4 is 4.74 Å². The van der Waals surface area contributed by atoms with E-state index in [0.717, 1.165) is 40.1 Å². The van der Waals surface area contributed by atoms with Crippen LogP contribution in [0.2, 0.25) is 0 Å². The molecule has 4 rings (SSSR count). The third-order valence-electron chi connectivity index (χ3n) is 4.72. The number of hydrogen-bond donors (Lipinski definition) is 1. The van der Waals surface area contributed by atoms with Crippen molar-refractivity contribution in [3.8, 4) is 17.0 Å². The Morgan fingerprint density at radius 3 is 2.48 bits per heavy atom. The van der Waals surface area contributed by atoms with Gasteiger partial charge in [0.15, 0.2) is 0 Å². The second-order valence-electron chi connectivity index (χ2n) is 6.35. The van der Waals surface area contributed by atoms with Gasteiger partial charge in [-0.3, -0.25) is 0 Å². The summed E-state index contributed by atoms with van der Waals surface area (Å²) in [6, 6.07) is 17.5. The molecule has 5 nitrogen and oxygen atoms in total. The van der Waals surface area contributed by atoms with Gasteiger partial charge in [-0.15, -0.1) is 0 Å². The molecule has 27 heavy (non-hydrogen) atoms. The first-order chi connectivity index (χ1) is 13.2. The van der Waals surface area contributed by atoms with Crippen molar-refractivity contribution in [1.82, 2.24) is 14.4 Å². The lowest BCUT2D eigenvalue weighted by Gasteiger charge is -2.13. The molecule has 1 atom stereocenters. The average molecular weight is 359 g/mol. The van der Waals surface area contributed by atoms with Crippen LogP contribution in [0.15, 0.2) is 67.0 Å². The smallest absolute Gasteiger partial charge is 0.212 e. The lowest BCUT2D eigenvalue weighted by molar-refractivity contribution is 0.213. The number of nitrogens with zero attached hydrogens (tertiary/aromatic N) is 3. The minimum atomic E-state index is -0.736. The molecular weight excluding hydrogens is 338 g/mol. The minimum Gasteiger partial charge on any atom is -0.481 e. The Morgan fingerprint density at radius 2 is 1.81 bits per heavy atom. The van der Waals surface area contributed by atoms with E-state index in [0.29, 0.717) is 5.88 Å². The molecule has 0 aliphatic carbocycles. The number of ether oxygens (including phenoxy) is 1. The zero-order valence-electron chi connectivity index (χ0n) is 15.3. The first-order valence-electron chi connectivity index (χ1n) is 8.95. The molecule has 1 N–H and O–H groups in total. The summed E-state index contributed by atoms with van der Waals surface area (Å²) in [5, 5.41) is 11.0. The Morgan fingerprint density at radius 1 is 1.04 bits per heavy atom. The molecule has 3 heterocycles. The summed E-state index contributed by atoms with van der Waals surface area (Å²) < 4.78 is 7.12. The highest BCUT2D eigenvalue weighted by Gasteiger charge is 2.20. The lowest BCUT2D eigenvalue weighted by atomic mass is 10.0. The van der Waals surface area contributed by atoms with E-state index >= 15 is 0 Å². The van der Waals surface area contributed by atoms with E-state index in [9.17, 15) is 5.11 Å². The minimum absolute atomic E-state index is 0.580. The normalized spacial score (nSPS) is 12.3. The Bertz CT molecular complexity index is 1060. The van der Waals surface area contributed by atoms with Gasteiger partial charge in [0.2, 0.25) is 5.88 Å². The number of aliphatic hydroxyl groups is 1. The molecular formula is C22H21N3O2. The van der Waals surface area contributed by atoms with Gasteiger partial charge in [0.05, 0.1) is 18.5 Å². The summed E-state index contributed by atoms with van der Waals surface area (Å²) in [7, 11) is 1.60. The molecule has 1 aromatic carbocycles. The molecule has 0 fully saturated rings. The van der Waals surface area contributed by atoms with E-state index in [2.05, 4.69) is 11.9 Å². The van der Waals surface area contributed by atoms with Crippen molar-refractivity contribution in [3.05, 3.63) is 83.9 Å². The highest BCUT2D eigenvalue weighted by Crippen LogP contribution is 2.29. The maximum atomic E-state index is 11.0. The number of rotatable bonds is 5. The predicted molar refractivity (Wildman–Crippen MR) is 105 cm³/mol. The Hall–Kier alpha value is -3.18. The maximum absolute atomic E-state index is 11.0. The number of fused-ring (bicyclic) bond motifs is 1. The van der Waals surface area contributed by atoms with Gasteiger partial charge < -0.3 is 14.2 Å². The van der Waals surface area contributed by atoms with Crippen LogP contribution in [0.4, 0.5) is 0 Å². The van der Waals surface area contributed by atoms with E-state index < -0.39 is 6.10 Å². The Kier molecular flexibility index (Phi) is 4.60. The Balaban J connectivity index is 1.84. The molecule has 5 heteroatoms. The molecule has 0 amide bonds. The monoisotopic (exact) mass is 359 g/mol. The molecule has 0 radical (unpaired) electrons. The average Bonchev–Trinajstić information content (AvgIpc) is 3.11. The van der Waals surface area contributed by atoms with E-state index in [1.807, 2.05) is 65.2 Å². The second kappa shape index (κ2) is 7.21. The van der Waals surface area contributed by atoms with Gasteiger partial charge in [0.25, 0.3) is 0 Å². The van der Waals surface area contributed by atoms with Crippen LogP contribution in [0.25, 0.3) is 16.8 Å². The van der Waals surface area contributed by atoms with Crippen LogP contribution in [0.1, 0.15) is 30.0 Å². The molecule has 1 unspecified atom stereocenters. The molecule has 0 bridgehead atoms. The Labute approximate surface area is 157 Å². The lowest BCUT2D eigenvalue weighted by Crippen LogP contribution is -2.06.